The number of H-pyrrole nitrogens is 2. The number of imidazole rings is 2. The summed E-state index contributed by atoms with van der Waals surface area (Å²) < 4.78 is 210. The lowest BCUT2D eigenvalue weighted by Gasteiger charge is -2.32. The number of hydrogen-bond donors (Lipinski definition) is 2. The molecule has 2 N–H and O–H groups in total. The van der Waals surface area contributed by atoms with E-state index in [0.717, 1.165) is 27.5 Å². The van der Waals surface area contributed by atoms with Gasteiger partial charge in [-0.05, 0) is 186 Å². The molecule has 0 amide bonds. The molecule has 7 aliphatic rings. The van der Waals surface area contributed by atoms with E-state index >= 15 is 0 Å². The van der Waals surface area contributed by atoms with E-state index in [2.05, 4.69) is 44.1 Å². The fraction of sp³-hybridized carbons (Fsp3) is 0.456. The number of allylic oxidation sites excluding steroid dienone is 6. The van der Waals surface area contributed by atoms with Crippen molar-refractivity contribution in [3.8, 4) is 23.3 Å². The van der Waals surface area contributed by atoms with Crippen LogP contribution in [0, 0.1) is 0 Å². The zero-order valence-electron chi connectivity index (χ0n) is 66.0. The van der Waals surface area contributed by atoms with E-state index in [1.54, 1.807) is 54.6 Å². The van der Waals surface area contributed by atoms with Crippen LogP contribution in [0.2, 0.25) is 5.15 Å². The summed E-state index contributed by atoms with van der Waals surface area (Å²) in [5, 5.41) is 0.171. The summed E-state index contributed by atoms with van der Waals surface area (Å²) in [6.45, 7) is 24.1. The molecule has 22 nitrogen and oxygen atoms in total. The second kappa shape index (κ2) is 35.1. The number of ether oxygens (including phenoxy) is 2. The number of aromatic amines is 2. The highest BCUT2D eigenvalue weighted by atomic mass is 35.5. The molecule has 1 saturated carbocycles. The summed E-state index contributed by atoms with van der Waals surface area (Å²) in [4.78, 5) is 66.9. The molecule has 0 atom stereocenters. The van der Waals surface area contributed by atoms with Crippen LogP contribution in [0.25, 0.3) is 27.6 Å². The van der Waals surface area contributed by atoms with E-state index in [0.29, 0.717) is 52.2 Å². The van der Waals surface area contributed by atoms with Crippen LogP contribution in [-0.4, -0.2) is 150 Å². The van der Waals surface area contributed by atoms with Gasteiger partial charge in [0.1, 0.15) is 28.7 Å². The van der Waals surface area contributed by atoms with Crippen molar-refractivity contribution in [2.24, 2.45) is 0 Å². The van der Waals surface area contributed by atoms with E-state index in [4.69, 9.17) is 49.0 Å². The summed E-state index contributed by atoms with van der Waals surface area (Å²) in [6.07, 6.45) is 6.92. The number of alkyl halides is 11. The molecule has 0 bridgehead atoms. The second-order valence-electron chi connectivity index (χ2n) is 31.6. The number of Topliss-reactive ketones (excluding diaryl/α,β-unsaturated/α-hetero) is 1. The minimum Gasteiger partial charge on any atom is -0.437 e. The Morgan fingerprint density at radius 3 is 1.25 bits per heavy atom. The van der Waals surface area contributed by atoms with Crippen LogP contribution in [-0.2, 0) is 47.0 Å². The largest absolute Gasteiger partial charge is 0.534 e. The van der Waals surface area contributed by atoms with Crippen LogP contribution < -0.4 is 9.47 Å². The minimum absolute atomic E-state index is 0.0269. The van der Waals surface area contributed by atoms with Gasteiger partial charge in [0.15, 0.2) is 16.8 Å². The molecular formula is C79H87B3ClF11N8O14S. The molecule has 38 heteroatoms. The van der Waals surface area contributed by atoms with E-state index in [1.807, 2.05) is 132 Å². The van der Waals surface area contributed by atoms with Crippen molar-refractivity contribution in [1.29, 1.82) is 0 Å². The van der Waals surface area contributed by atoms with Gasteiger partial charge in [-0.3, -0.25) is 14.4 Å². The van der Waals surface area contributed by atoms with Crippen LogP contribution in [0.1, 0.15) is 205 Å². The molecule has 0 spiro atoms. The number of carbonyl (C=O) groups is 3. The van der Waals surface area contributed by atoms with Gasteiger partial charge in [-0.2, -0.15) is 21.6 Å². The quantitative estimate of drug-likeness (QED) is 0.0357. The van der Waals surface area contributed by atoms with Gasteiger partial charge < -0.3 is 51.6 Å². The first-order chi connectivity index (χ1) is 54.3. The predicted octanol–water partition coefficient (Wildman–Crippen LogP) is 19.5. The Kier molecular flexibility index (Phi) is 27.1. The highest BCUT2D eigenvalue weighted by Crippen LogP contribution is 2.46. The average Bonchev–Trinajstić information content (AvgIpc) is 1.60. The van der Waals surface area contributed by atoms with Gasteiger partial charge in [-0.15, -0.1) is 0 Å². The van der Waals surface area contributed by atoms with Crippen molar-refractivity contribution in [2.75, 3.05) is 0 Å². The maximum atomic E-state index is 13.5. The Morgan fingerprint density at radius 1 is 0.470 bits per heavy atom. The molecule has 0 radical (unpaired) electrons. The topological polar surface area (TPSA) is 277 Å². The molecule has 15 rings (SSSR count). The van der Waals surface area contributed by atoms with Gasteiger partial charge in [0.05, 0.1) is 55.7 Å². The lowest BCUT2D eigenvalue weighted by atomic mass is 9.49. The Hall–Kier alpha value is -8.97. The van der Waals surface area contributed by atoms with Crippen LogP contribution in [0.3, 0.4) is 0 Å². The molecule has 3 aliphatic heterocycles. The standard InChI is InChI=1S/C24H18F2N4O2.C18H11ClN4O2.C12H24B2O4.C12H19BF2O2.C7H7F5O3S.C6H8F2O/c25-24(26)11-9-15(10-12-24)20-23(28-14-13-27-20)32-17-7-5-16(6-8-17)21(31)22-29-18-3-1-2-4-19(18)30-22;19-16-18(21-10-9-20-16)25-12-7-5-11(6-8-12)15(24)17-22-13-3-1-2-4-14(13)23-17;1-9(2)10(3,4)16-13(15-9)14-17-11(5,6)12(7,8)18-14;1-10(2)11(3,4)17-13(16-10)9-5-7-12(14,15)8-6-9;8-6(9)3-1-5(2-4-6)15-16(13,14)7(10,11)12;7-6(8)3-1-5(9)2-4-6/h1-9,13-14H,10-12H2,(H,29,30);1-10H,(H,22,23);1-8H3;5H,6-8H2,1-4H3;1H,2-4H2;1-4H2. The highest BCUT2D eigenvalue weighted by Gasteiger charge is 2.64. The molecule has 4 fully saturated rings. The van der Waals surface area contributed by atoms with Crippen molar-refractivity contribution in [1.82, 2.24) is 39.9 Å². The number of halogens is 12. The lowest BCUT2D eigenvalue weighted by Crippen LogP contribution is -2.41. The molecule has 4 aromatic heterocycles. The fourth-order valence-electron chi connectivity index (χ4n) is 11.9. The molecule has 4 aliphatic carbocycles. The Labute approximate surface area is 674 Å². The summed E-state index contributed by atoms with van der Waals surface area (Å²) in [5.74, 6) is -9.92. The third-order valence-corrected chi connectivity index (χ3v) is 22.3. The van der Waals surface area contributed by atoms with Crippen molar-refractivity contribution in [3.63, 3.8) is 0 Å². The van der Waals surface area contributed by atoms with Crippen LogP contribution >= 0.6 is 11.6 Å². The number of nitrogens with one attached hydrogen (secondary N) is 2. The Balaban J connectivity index is 0.000000154. The molecule has 626 valence electrons. The number of carbonyl (C=O) groups excluding carboxylic acids is 3. The highest BCUT2D eigenvalue weighted by molar-refractivity contribution is 7.87. The second-order valence-corrected chi connectivity index (χ2v) is 33.4. The monoisotopic (exact) mass is 1680 g/mol. The van der Waals surface area contributed by atoms with Crippen molar-refractivity contribution < 1.29 is 113 Å². The molecule has 4 aromatic carbocycles. The van der Waals surface area contributed by atoms with Gasteiger partial charge in [0.25, 0.3) is 23.6 Å². The third-order valence-electron chi connectivity index (χ3n) is 21.0. The van der Waals surface area contributed by atoms with Gasteiger partial charge in [0, 0.05) is 107 Å². The number of para-hydroxylation sites is 4. The smallest absolute Gasteiger partial charge is 0.437 e. The van der Waals surface area contributed by atoms with Crippen molar-refractivity contribution in [2.45, 2.75) is 229 Å². The van der Waals surface area contributed by atoms with E-state index in [9.17, 15) is 71.1 Å². The SMILES string of the molecule is CC1(C)OB(B2OC(C)(C)C(C)(C)O2)OC1(C)C.CC1(C)OB(C2=CCC(F)(F)CC2)OC1(C)C.O=C(c1ccc(Oc2nccnc2C2=CCC(F)(F)CC2)cc1)c1nc2ccccc2[nH]1.O=C(c1ccc(Oc2nccnc2Cl)cc1)c1nc2ccccc2[nH]1.O=C1CCC(F)(F)CC1.O=S(=O)(OC1=CCC(F)(F)CC1)C(F)(F)F. The maximum Gasteiger partial charge on any atom is 0.534 e. The average molecular weight is 1680 g/mol. The number of hydrogen-bond acceptors (Lipinski definition) is 20. The van der Waals surface area contributed by atoms with E-state index in [-0.39, 0.29) is 120 Å². The Bertz CT molecular complexity index is 4950. The van der Waals surface area contributed by atoms with E-state index in [1.165, 1.54) is 30.9 Å². The molecule has 117 heavy (non-hydrogen) atoms. The molecular weight excluding hydrogens is 1590 g/mol. The predicted molar refractivity (Wildman–Crippen MR) is 414 cm³/mol. The van der Waals surface area contributed by atoms with Gasteiger partial charge in [-0.25, -0.2) is 65.0 Å². The molecule has 7 heterocycles. The summed E-state index contributed by atoms with van der Waals surface area (Å²) in [5.41, 5.74) is -1.76. The third kappa shape index (κ3) is 23.1. The normalized spacial score (nSPS) is 20.8. The van der Waals surface area contributed by atoms with Crippen LogP contribution in [0.4, 0.5) is 48.3 Å². The first-order valence-electron chi connectivity index (χ1n) is 37.3. The van der Waals surface area contributed by atoms with Crippen molar-refractivity contribution in [3.05, 3.63) is 185 Å². The van der Waals surface area contributed by atoms with Crippen LogP contribution in [0.5, 0.6) is 23.3 Å². The minimum atomic E-state index is -5.75. The maximum absolute atomic E-state index is 13.5. The fourth-order valence-corrected chi connectivity index (χ4v) is 12.6. The van der Waals surface area contributed by atoms with Gasteiger partial charge in [0.2, 0.25) is 23.4 Å². The number of benzene rings is 4. The number of fused-ring (bicyclic) bond motifs is 2. The van der Waals surface area contributed by atoms with E-state index < -0.39 is 96.7 Å². The van der Waals surface area contributed by atoms with Crippen LogP contribution in [0.15, 0.2) is 151 Å². The first kappa shape index (κ1) is 90.4. The van der Waals surface area contributed by atoms with Crippen molar-refractivity contribution >= 4 is 87.8 Å². The molecule has 8 aromatic rings. The molecule has 0 unspecified atom stereocenters. The number of rotatable bonds is 13. The number of aromatic nitrogens is 8. The lowest BCUT2D eigenvalue weighted by molar-refractivity contribution is -0.128. The number of nitrogens with zero attached hydrogens (tertiary/aromatic N) is 6. The van der Waals surface area contributed by atoms with Gasteiger partial charge >= 0.3 is 36.8 Å². The summed E-state index contributed by atoms with van der Waals surface area (Å²) >= 11 is 5.91. The molecule has 3 saturated heterocycles. The number of ketones is 3. The zero-order valence-corrected chi connectivity index (χ0v) is 67.6. The summed E-state index contributed by atoms with van der Waals surface area (Å²) in [7, 11) is -7.16. The summed E-state index contributed by atoms with van der Waals surface area (Å²) in [6, 6.07) is 28.2. The first-order valence-corrected chi connectivity index (χ1v) is 39.1. The van der Waals surface area contributed by atoms with Gasteiger partial charge in [-0.1, -0.05) is 48.0 Å². The Morgan fingerprint density at radius 2 is 0.855 bits per heavy atom. The zero-order chi connectivity index (χ0) is 85.8.